The Bertz CT molecular complexity index is 569. The minimum Gasteiger partial charge on any atom is -0.345 e. The smallest absolute Gasteiger partial charge is 0.272 e. The highest BCUT2D eigenvalue weighted by Gasteiger charge is 2.08. The summed E-state index contributed by atoms with van der Waals surface area (Å²) in [7, 11) is 0. The molecule has 0 aliphatic carbocycles. The SMILES string of the molecule is Cc1cccc(CNC(=O)c2ccc(NN)nn2)n1. The number of nitrogen functional groups attached to an aromatic ring is 1. The zero-order chi connectivity index (χ0) is 13.7. The van der Waals surface area contributed by atoms with Crippen LogP contribution in [-0.4, -0.2) is 21.1 Å². The van der Waals surface area contributed by atoms with Crippen LogP contribution in [0.3, 0.4) is 0 Å². The monoisotopic (exact) mass is 258 g/mol. The van der Waals surface area contributed by atoms with Gasteiger partial charge in [-0.05, 0) is 31.2 Å². The van der Waals surface area contributed by atoms with Crippen LogP contribution in [0.15, 0.2) is 30.3 Å². The third kappa shape index (κ3) is 3.46. The van der Waals surface area contributed by atoms with E-state index < -0.39 is 0 Å². The van der Waals surface area contributed by atoms with Gasteiger partial charge in [0.25, 0.3) is 5.91 Å². The Labute approximate surface area is 110 Å². The Morgan fingerprint density at radius 1 is 1.26 bits per heavy atom. The minimum absolute atomic E-state index is 0.228. The maximum atomic E-state index is 11.8. The number of rotatable bonds is 4. The van der Waals surface area contributed by atoms with Gasteiger partial charge in [0.15, 0.2) is 11.5 Å². The summed E-state index contributed by atoms with van der Waals surface area (Å²) in [6.07, 6.45) is 0. The molecule has 2 rings (SSSR count). The minimum atomic E-state index is -0.306. The van der Waals surface area contributed by atoms with Crippen LogP contribution in [0, 0.1) is 6.92 Å². The first-order valence-electron chi connectivity index (χ1n) is 5.70. The molecule has 0 bridgehead atoms. The van der Waals surface area contributed by atoms with Gasteiger partial charge in [-0.2, -0.15) is 0 Å². The van der Waals surface area contributed by atoms with E-state index in [2.05, 4.69) is 25.9 Å². The first-order chi connectivity index (χ1) is 9.19. The average molecular weight is 258 g/mol. The van der Waals surface area contributed by atoms with Crippen molar-refractivity contribution in [3.8, 4) is 0 Å². The summed E-state index contributed by atoms with van der Waals surface area (Å²) in [5.41, 5.74) is 4.27. The molecule has 98 valence electrons. The van der Waals surface area contributed by atoms with Crippen LogP contribution in [0.2, 0.25) is 0 Å². The molecule has 0 atom stereocenters. The van der Waals surface area contributed by atoms with Gasteiger partial charge in [0.05, 0.1) is 12.2 Å². The number of nitrogens with two attached hydrogens (primary N) is 1. The standard InChI is InChI=1S/C12H14N6O/c1-8-3-2-4-9(15-8)7-14-12(19)10-5-6-11(16-13)18-17-10/h2-6H,7,13H2,1H3,(H,14,19)(H,16,18). The number of nitrogens with one attached hydrogen (secondary N) is 2. The van der Waals surface area contributed by atoms with Crippen molar-refractivity contribution in [2.24, 2.45) is 5.84 Å². The second-order valence-electron chi connectivity index (χ2n) is 3.90. The molecule has 0 aliphatic rings. The number of carbonyl (C=O) groups excluding carboxylic acids is 1. The molecule has 0 saturated carbocycles. The lowest BCUT2D eigenvalue weighted by Crippen LogP contribution is -2.25. The first kappa shape index (κ1) is 12.9. The summed E-state index contributed by atoms with van der Waals surface area (Å²) in [5, 5.41) is 10.2. The third-order valence-corrected chi connectivity index (χ3v) is 2.42. The second-order valence-corrected chi connectivity index (χ2v) is 3.90. The van der Waals surface area contributed by atoms with Crippen molar-refractivity contribution in [1.82, 2.24) is 20.5 Å². The van der Waals surface area contributed by atoms with E-state index in [0.29, 0.717) is 12.4 Å². The molecule has 1 amide bonds. The number of amides is 1. The quantitative estimate of drug-likeness (QED) is 0.541. The second kappa shape index (κ2) is 5.87. The fraction of sp³-hybridized carbons (Fsp3) is 0.167. The van der Waals surface area contributed by atoms with E-state index >= 15 is 0 Å². The lowest BCUT2D eigenvalue weighted by molar-refractivity contribution is 0.0944. The van der Waals surface area contributed by atoms with E-state index in [1.165, 1.54) is 0 Å². The van der Waals surface area contributed by atoms with Crippen LogP contribution < -0.4 is 16.6 Å². The molecular formula is C12H14N6O. The highest BCUT2D eigenvalue weighted by Crippen LogP contribution is 2.01. The van der Waals surface area contributed by atoms with Gasteiger partial charge in [0, 0.05) is 5.69 Å². The highest BCUT2D eigenvalue weighted by atomic mass is 16.1. The van der Waals surface area contributed by atoms with Crippen molar-refractivity contribution in [3.63, 3.8) is 0 Å². The largest absolute Gasteiger partial charge is 0.345 e. The Kier molecular flexibility index (Phi) is 3.99. The fourth-order valence-electron chi connectivity index (χ4n) is 1.49. The third-order valence-electron chi connectivity index (χ3n) is 2.42. The summed E-state index contributed by atoms with van der Waals surface area (Å²) in [6.45, 7) is 2.24. The number of anilines is 1. The van der Waals surface area contributed by atoms with Gasteiger partial charge in [0.2, 0.25) is 0 Å². The van der Waals surface area contributed by atoms with Crippen molar-refractivity contribution in [1.29, 1.82) is 0 Å². The van der Waals surface area contributed by atoms with Gasteiger partial charge in [-0.3, -0.25) is 9.78 Å². The zero-order valence-corrected chi connectivity index (χ0v) is 10.4. The molecule has 19 heavy (non-hydrogen) atoms. The Hall–Kier alpha value is -2.54. The van der Waals surface area contributed by atoms with E-state index in [-0.39, 0.29) is 11.6 Å². The molecule has 7 heteroatoms. The molecular weight excluding hydrogens is 244 g/mol. The maximum absolute atomic E-state index is 11.8. The molecule has 0 aromatic carbocycles. The number of hydrogen-bond acceptors (Lipinski definition) is 6. The molecule has 2 heterocycles. The summed E-state index contributed by atoms with van der Waals surface area (Å²) < 4.78 is 0. The number of hydrazine groups is 1. The fourth-order valence-corrected chi connectivity index (χ4v) is 1.49. The lowest BCUT2D eigenvalue weighted by Gasteiger charge is -2.05. The predicted octanol–water partition coefficient (Wildman–Crippen LogP) is 0.396. The topological polar surface area (TPSA) is 106 Å². The molecule has 0 spiro atoms. The predicted molar refractivity (Wildman–Crippen MR) is 70.0 cm³/mol. The van der Waals surface area contributed by atoms with E-state index in [1.807, 2.05) is 25.1 Å². The van der Waals surface area contributed by atoms with Gasteiger partial charge in [0.1, 0.15) is 0 Å². The van der Waals surface area contributed by atoms with Gasteiger partial charge in [-0.15, -0.1) is 10.2 Å². The zero-order valence-electron chi connectivity index (χ0n) is 10.4. The number of nitrogens with zero attached hydrogens (tertiary/aromatic N) is 3. The summed E-state index contributed by atoms with van der Waals surface area (Å²) in [5.74, 6) is 5.26. The van der Waals surface area contributed by atoms with Crippen LogP contribution in [0.5, 0.6) is 0 Å². The summed E-state index contributed by atoms with van der Waals surface area (Å²) >= 11 is 0. The van der Waals surface area contributed by atoms with Crippen LogP contribution in [0.25, 0.3) is 0 Å². The first-order valence-corrected chi connectivity index (χ1v) is 5.70. The maximum Gasteiger partial charge on any atom is 0.272 e. The van der Waals surface area contributed by atoms with E-state index in [0.717, 1.165) is 11.4 Å². The van der Waals surface area contributed by atoms with Crippen LogP contribution in [-0.2, 0) is 6.54 Å². The molecule has 2 aromatic heterocycles. The molecule has 0 radical (unpaired) electrons. The molecule has 0 fully saturated rings. The summed E-state index contributed by atoms with van der Waals surface area (Å²) in [6, 6.07) is 8.76. The number of carbonyl (C=O) groups is 1. The number of hydrogen-bond donors (Lipinski definition) is 3. The molecule has 0 saturated heterocycles. The molecule has 0 aliphatic heterocycles. The lowest BCUT2D eigenvalue weighted by atomic mass is 10.3. The molecule has 2 aromatic rings. The van der Waals surface area contributed by atoms with Crippen molar-refractivity contribution >= 4 is 11.7 Å². The van der Waals surface area contributed by atoms with Crippen molar-refractivity contribution in [2.45, 2.75) is 13.5 Å². The molecule has 0 unspecified atom stereocenters. The van der Waals surface area contributed by atoms with Crippen molar-refractivity contribution in [2.75, 3.05) is 5.43 Å². The van der Waals surface area contributed by atoms with Crippen molar-refractivity contribution in [3.05, 3.63) is 47.4 Å². The molecule has 4 N–H and O–H groups in total. The Morgan fingerprint density at radius 3 is 2.74 bits per heavy atom. The van der Waals surface area contributed by atoms with Crippen LogP contribution in [0.4, 0.5) is 5.82 Å². The Morgan fingerprint density at radius 2 is 2.11 bits per heavy atom. The van der Waals surface area contributed by atoms with Crippen LogP contribution >= 0.6 is 0 Å². The molecule has 7 nitrogen and oxygen atoms in total. The number of aryl methyl sites for hydroxylation is 1. The van der Waals surface area contributed by atoms with Gasteiger partial charge < -0.3 is 10.7 Å². The van der Waals surface area contributed by atoms with E-state index in [4.69, 9.17) is 5.84 Å². The highest BCUT2D eigenvalue weighted by molar-refractivity contribution is 5.92. The van der Waals surface area contributed by atoms with Gasteiger partial charge in [-0.1, -0.05) is 6.07 Å². The normalized spacial score (nSPS) is 10.0. The number of pyridine rings is 1. The summed E-state index contributed by atoms with van der Waals surface area (Å²) in [4.78, 5) is 16.1. The van der Waals surface area contributed by atoms with Crippen molar-refractivity contribution < 1.29 is 4.79 Å². The van der Waals surface area contributed by atoms with E-state index in [1.54, 1.807) is 12.1 Å². The van der Waals surface area contributed by atoms with E-state index in [9.17, 15) is 4.79 Å². The van der Waals surface area contributed by atoms with Gasteiger partial charge in [-0.25, -0.2) is 5.84 Å². The Balaban J connectivity index is 1.97. The number of aromatic nitrogens is 3. The average Bonchev–Trinajstić information content (AvgIpc) is 2.45. The van der Waals surface area contributed by atoms with Gasteiger partial charge >= 0.3 is 0 Å². The van der Waals surface area contributed by atoms with Crippen LogP contribution in [0.1, 0.15) is 21.9 Å².